The van der Waals surface area contributed by atoms with E-state index in [1.807, 2.05) is 0 Å². The average molecular weight is 184 g/mol. The van der Waals surface area contributed by atoms with E-state index in [9.17, 15) is 9.59 Å². The molecule has 0 bridgehead atoms. The van der Waals surface area contributed by atoms with E-state index in [1.165, 1.54) is 0 Å². The molecule has 0 amide bonds. The highest BCUT2D eigenvalue weighted by Gasteiger charge is 2.08. The Hall–Kier alpha value is -0.440. The van der Waals surface area contributed by atoms with Gasteiger partial charge in [0.1, 0.15) is 0 Å². The summed E-state index contributed by atoms with van der Waals surface area (Å²) in [5.41, 5.74) is 0. The fourth-order valence-electron chi connectivity index (χ4n) is 0.107. The molecule has 0 aliphatic carbocycles. The smallest absolute Gasteiger partial charge is 0.364 e. The number of rotatable bonds is 0. The molecule has 0 rings (SSSR count). The molecular weight excluding hydrogens is 180 g/mol. The van der Waals surface area contributed by atoms with Crippen LogP contribution in [0, 0.1) is 0 Å². The summed E-state index contributed by atoms with van der Waals surface area (Å²) in [6.07, 6.45) is 0. The Bertz CT molecular complexity index is 123. The van der Waals surface area contributed by atoms with Crippen molar-refractivity contribution in [3.05, 3.63) is 0 Å². The predicted octanol–water partition coefficient (Wildman–Crippen LogP) is 0.388. The molecule has 0 atom stereocenters. The van der Waals surface area contributed by atoms with Gasteiger partial charge in [-0.3, -0.25) is 0 Å². The van der Waals surface area contributed by atoms with Gasteiger partial charge in [-0.05, 0) is 0 Å². The van der Waals surface area contributed by atoms with Crippen LogP contribution in [0.5, 0.6) is 0 Å². The van der Waals surface area contributed by atoms with Gasteiger partial charge in [-0.15, -0.1) is 0 Å². The summed E-state index contributed by atoms with van der Waals surface area (Å²) in [4.78, 5) is 27.8. The van der Waals surface area contributed by atoms with Crippen LogP contribution in [0.1, 0.15) is 0 Å². The molecule has 10 heavy (non-hydrogen) atoms. The van der Waals surface area contributed by atoms with Crippen molar-refractivity contribution >= 4 is 32.2 Å². The van der Waals surface area contributed by atoms with Gasteiger partial charge in [0, 0.05) is 21.6 Å². The normalized spacial score (nSPS) is 8.60. The minimum Gasteiger partial charge on any atom is -0.364 e. The van der Waals surface area contributed by atoms with Gasteiger partial charge < -0.3 is 9.68 Å². The Morgan fingerprint density at radius 2 is 1.30 bits per heavy atom. The molecule has 0 spiro atoms. The molecule has 0 radical (unpaired) electrons. The van der Waals surface area contributed by atoms with Gasteiger partial charge in [0.05, 0.1) is 0 Å². The SMILES string of the molecule is NOC(=O)SSC(=O)ON. The van der Waals surface area contributed by atoms with Crippen molar-refractivity contribution < 1.29 is 19.3 Å². The first-order valence-electron chi connectivity index (χ1n) is 1.86. The molecule has 0 aliphatic heterocycles. The number of hydrogen-bond donors (Lipinski definition) is 2. The second-order valence-electron chi connectivity index (χ2n) is 0.902. The molecule has 0 aromatic heterocycles. The monoisotopic (exact) mass is 184 g/mol. The minimum absolute atomic E-state index is 0.485. The van der Waals surface area contributed by atoms with E-state index in [2.05, 4.69) is 21.5 Å². The zero-order valence-electron chi connectivity index (χ0n) is 4.60. The molecule has 0 saturated carbocycles. The highest BCUT2D eigenvalue weighted by molar-refractivity contribution is 8.86. The molecule has 6 nitrogen and oxygen atoms in total. The van der Waals surface area contributed by atoms with Crippen molar-refractivity contribution in [2.24, 2.45) is 11.8 Å². The predicted molar refractivity (Wildman–Crippen MR) is 36.5 cm³/mol. The Morgan fingerprint density at radius 3 is 1.50 bits per heavy atom. The van der Waals surface area contributed by atoms with E-state index < -0.39 is 10.6 Å². The maximum Gasteiger partial charge on any atom is 0.397 e. The van der Waals surface area contributed by atoms with E-state index in [-0.39, 0.29) is 0 Å². The van der Waals surface area contributed by atoms with E-state index in [0.717, 1.165) is 0 Å². The van der Waals surface area contributed by atoms with Crippen LogP contribution in [0.2, 0.25) is 0 Å². The molecule has 58 valence electrons. The lowest BCUT2D eigenvalue weighted by Gasteiger charge is -1.93. The van der Waals surface area contributed by atoms with Crippen LogP contribution in [-0.2, 0) is 9.68 Å². The lowest BCUT2D eigenvalue weighted by atomic mass is 11.6. The van der Waals surface area contributed by atoms with E-state index in [4.69, 9.17) is 0 Å². The first-order valence-corrected chi connectivity index (χ1v) is 4.01. The van der Waals surface area contributed by atoms with Gasteiger partial charge in [-0.1, -0.05) is 0 Å². The number of hydrogen-bond acceptors (Lipinski definition) is 8. The Balaban J connectivity index is 3.35. The molecule has 0 heterocycles. The Labute approximate surface area is 63.9 Å². The van der Waals surface area contributed by atoms with Crippen LogP contribution in [0.3, 0.4) is 0 Å². The molecule has 0 fully saturated rings. The van der Waals surface area contributed by atoms with Crippen molar-refractivity contribution in [3.8, 4) is 0 Å². The van der Waals surface area contributed by atoms with Gasteiger partial charge in [0.2, 0.25) is 0 Å². The second kappa shape index (κ2) is 5.35. The van der Waals surface area contributed by atoms with Gasteiger partial charge in [0.25, 0.3) is 0 Å². The fraction of sp³-hybridized carbons (Fsp3) is 0. The van der Waals surface area contributed by atoms with E-state index >= 15 is 0 Å². The maximum absolute atomic E-state index is 10.2. The first kappa shape index (κ1) is 9.56. The zero-order valence-corrected chi connectivity index (χ0v) is 6.24. The zero-order chi connectivity index (χ0) is 7.98. The lowest BCUT2D eigenvalue weighted by molar-refractivity contribution is 0.176. The summed E-state index contributed by atoms with van der Waals surface area (Å²) in [6.45, 7) is 0. The van der Waals surface area contributed by atoms with Crippen LogP contribution < -0.4 is 11.8 Å². The topological polar surface area (TPSA) is 105 Å². The average Bonchev–Trinajstić information content (AvgIpc) is 1.99. The number of nitrogens with two attached hydrogens (primary N) is 2. The lowest BCUT2D eigenvalue weighted by Crippen LogP contribution is -2.05. The van der Waals surface area contributed by atoms with Crippen LogP contribution >= 0.6 is 21.6 Å². The molecular formula is C2H4N2O4S2. The highest BCUT2D eigenvalue weighted by Crippen LogP contribution is 2.23. The fourth-order valence-corrected chi connectivity index (χ4v) is 0.966. The summed E-state index contributed by atoms with van der Waals surface area (Å²) >= 11 is 0. The van der Waals surface area contributed by atoms with Crippen molar-refractivity contribution in [1.29, 1.82) is 0 Å². The molecule has 8 heteroatoms. The number of carbonyl (C=O) groups is 2. The van der Waals surface area contributed by atoms with E-state index in [0.29, 0.717) is 21.6 Å². The third kappa shape index (κ3) is 4.44. The summed E-state index contributed by atoms with van der Waals surface area (Å²) in [6, 6.07) is 0. The second-order valence-corrected chi connectivity index (χ2v) is 2.90. The standard InChI is InChI=1S/C2H4N2O4S2/c3-7-1(5)9-10-2(6)8-4/h3-4H2. The highest BCUT2D eigenvalue weighted by atomic mass is 33.1. The van der Waals surface area contributed by atoms with E-state index in [1.54, 1.807) is 0 Å². The van der Waals surface area contributed by atoms with Gasteiger partial charge in [0.15, 0.2) is 0 Å². The first-order chi connectivity index (χ1) is 4.70. The summed E-state index contributed by atoms with van der Waals surface area (Å²) in [7, 11) is 0.970. The molecule has 0 aromatic rings. The summed E-state index contributed by atoms with van der Waals surface area (Å²) in [5.74, 6) is 8.87. The molecule has 0 saturated heterocycles. The largest absolute Gasteiger partial charge is 0.397 e. The van der Waals surface area contributed by atoms with Crippen molar-refractivity contribution in [2.45, 2.75) is 0 Å². The third-order valence-corrected chi connectivity index (χ3v) is 1.98. The molecule has 0 unspecified atom stereocenters. The quantitative estimate of drug-likeness (QED) is 0.411. The maximum atomic E-state index is 10.2. The Morgan fingerprint density at radius 1 is 1.00 bits per heavy atom. The summed E-state index contributed by atoms with van der Waals surface area (Å²) < 4.78 is 0. The van der Waals surface area contributed by atoms with Crippen LogP contribution in [0.15, 0.2) is 0 Å². The Kier molecular flexibility index (Phi) is 5.12. The van der Waals surface area contributed by atoms with Crippen LogP contribution in [-0.4, -0.2) is 10.6 Å². The van der Waals surface area contributed by atoms with Crippen molar-refractivity contribution in [2.75, 3.05) is 0 Å². The minimum atomic E-state index is -0.796. The van der Waals surface area contributed by atoms with Crippen molar-refractivity contribution in [1.82, 2.24) is 0 Å². The van der Waals surface area contributed by atoms with Crippen LogP contribution in [0.25, 0.3) is 0 Å². The third-order valence-electron chi connectivity index (χ3n) is 0.370. The van der Waals surface area contributed by atoms with Gasteiger partial charge >= 0.3 is 10.6 Å². The van der Waals surface area contributed by atoms with Crippen LogP contribution in [0.4, 0.5) is 9.59 Å². The van der Waals surface area contributed by atoms with Gasteiger partial charge in [-0.2, -0.15) is 11.8 Å². The molecule has 0 aliphatic rings. The van der Waals surface area contributed by atoms with Crippen molar-refractivity contribution in [3.63, 3.8) is 0 Å². The molecule has 0 aromatic carbocycles. The number of carbonyl (C=O) groups excluding carboxylic acids is 2. The van der Waals surface area contributed by atoms with Gasteiger partial charge in [-0.25, -0.2) is 9.59 Å². The molecule has 4 N–H and O–H groups in total. The summed E-state index contributed by atoms with van der Waals surface area (Å²) in [5, 5.41) is -1.59.